The van der Waals surface area contributed by atoms with E-state index in [1.54, 1.807) is 0 Å². The highest BCUT2D eigenvalue weighted by Crippen LogP contribution is 2.75. The number of carbonyl (C=O) groups is 2. The molecule has 0 bridgehead atoms. The Morgan fingerprint density at radius 2 is 1.62 bits per heavy atom. The summed E-state index contributed by atoms with van der Waals surface area (Å²) in [6, 6.07) is 2.23. The fourth-order valence-electron chi connectivity index (χ4n) is 11.0. The monoisotopic (exact) mass is 562 g/mol. The number of aliphatic hydroxyl groups is 1. The van der Waals surface area contributed by atoms with Crippen molar-refractivity contribution >= 4 is 11.7 Å². The van der Waals surface area contributed by atoms with Gasteiger partial charge in [-0.05, 0) is 89.8 Å². The molecule has 5 nitrogen and oxygen atoms in total. The van der Waals surface area contributed by atoms with Gasteiger partial charge in [0.25, 0.3) is 0 Å². The highest BCUT2D eigenvalue weighted by Gasteiger charge is 2.72. The molecule has 0 spiro atoms. The number of hydrogen-bond donors (Lipinski definition) is 2. The van der Waals surface area contributed by atoms with Gasteiger partial charge >= 0.3 is 12.1 Å². The molecular formula is C32H45F3N2O3. The van der Waals surface area contributed by atoms with Gasteiger partial charge < -0.3 is 10.4 Å². The average Bonchev–Trinajstić information content (AvgIpc) is 2.83. The minimum atomic E-state index is -4.98. The van der Waals surface area contributed by atoms with Crippen LogP contribution in [0.4, 0.5) is 13.2 Å². The summed E-state index contributed by atoms with van der Waals surface area (Å²) in [6.07, 6.45) is 0.803. The number of carbonyl (C=O) groups excluding carboxylic acids is 2. The van der Waals surface area contributed by atoms with E-state index in [0.717, 1.165) is 12.8 Å². The Hall–Kier alpha value is -1.88. The number of ketones is 1. The van der Waals surface area contributed by atoms with Crippen LogP contribution in [0.2, 0.25) is 0 Å². The van der Waals surface area contributed by atoms with Crippen LogP contribution in [0.25, 0.3) is 0 Å². The van der Waals surface area contributed by atoms with E-state index in [-0.39, 0.29) is 34.4 Å². The molecule has 9 atom stereocenters. The van der Waals surface area contributed by atoms with Crippen LogP contribution in [0, 0.1) is 62.1 Å². The molecule has 4 saturated carbocycles. The Kier molecular flexibility index (Phi) is 6.35. The van der Waals surface area contributed by atoms with Gasteiger partial charge in [-0.1, -0.05) is 54.5 Å². The molecule has 0 aromatic heterocycles. The lowest BCUT2D eigenvalue weighted by Crippen LogP contribution is -2.72. The lowest BCUT2D eigenvalue weighted by Gasteiger charge is -2.72. The normalized spacial score (nSPS) is 47.4. The summed E-state index contributed by atoms with van der Waals surface area (Å²) in [4.78, 5) is 26.8. The number of allylic oxidation sites excluding steroid dienone is 1. The Morgan fingerprint density at radius 3 is 2.23 bits per heavy atom. The standard InChI is InChI=1S/C32H45F3N2O3/c1-26(2)10-12-31(37-25(40)32(33,34)35)13-11-30(7)23(19(31)16-26)20(38)14-22-28(5)15-18(17-36)24(39)27(3,4)21(28)8-9-29(22,30)6/h15,19,21-24,39H,8-14,16H2,1-7H3,(H,37,40)/t19?,21-,22+,23?,24?,28-,29+,30+,31-/m0/s1. The van der Waals surface area contributed by atoms with E-state index < -0.39 is 45.9 Å². The average molecular weight is 563 g/mol. The Bertz CT molecular complexity index is 1200. The molecule has 4 fully saturated rings. The second kappa shape index (κ2) is 8.58. The van der Waals surface area contributed by atoms with Crippen LogP contribution in [-0.4, -0.2) is 34.6 Å². The van der Waals surface area contributed by atoms with Gasteiger partial charge in [0.1, 0.15) is 5.78 Å². The first kappa shape index (κ1) is 29.6. The first-order valence-corrected chi connectivity index (χ1v) is 14.9. The fraction of sp³-hybridized carbons (Fsp3) is 0.844. The SMILES string of the molecule is CC1(C)CC[C@]2(NC(=O)C(F)(F)F)CC[C@]3(C)C(C(=O)C[C@@H]4[C@@]5(C)C=C(C#N)C(O)C(C)(C)[C@@H]5CC[C@]43C)C2C1. The van der Waals surface area contributed by atoms with Crippen LogP contribution in [0.1, 0.15) is 99.8 Å². The van der Waals surface area contributed by atoms with E-state index in [0.29, 0.717) is 44.1 Å². The summed E-state index contributed by atoms with van der Waals surface area (Å²) in [7, 11) is 0. The summed E-state index contributed by atoms with van der Waals surface area (Å²) in [5.41, 5.74) is -2.61. The summed E-state index contributed by atoms with van der Waals surface area (Å²) in [6.45, 7) is 14.9. The van der Waals surface area contributed by atoms with Crippen molar-refractivity contribution in [2.45, 2.75) is 118 Å². The van der Waals surface area contributed by atoms with E-state index in [1.807, 2.05) is 19.9 Å². The van der Waals surface area contributed by atoms with Gasteiger partial charge in [-0.15, -0.1) is 0 Å². The summed E-state index contributed by atoms with van der Waals surface area (Å²) in [5, 5.41) is 23.4. The predicted octanol–water partition coefficient (Wildman–Crippen LogP) is 6.51. The number of nitriles is 1. The van der Waals surface area contributed by atoms with Crippen LogP contribution in [0.3, 0.4) is 0 Å². The summed E-state index contributed by atoms with van der Waals surface area (Å²) < 4.78 is 40.5. The van der Waals surface area contributed by atoms with Crippen molar-refractivity contribution in [2.24, 2.45) is 50.7 Å². The van der Waals surface area contributed by atoms with Gasteiger partial charge in [0.15, 0.2) is 0 Å². The van der Waals surface area contributed by atoms with Crippen LogP contribution in [-0.2, 0) is 9.59 Å². The van der Waals surface area contributed by atoms with Crippen molar-refractivity contribution in [3.8, 4) is 6.07 Å². The molecule has 222 valence electrons. The van der Waals surface area contributed by atoms with Crippen LogP contribution >= 0.6 is 0 Å². The Balaban J connectivity index is 1.61. The van der Waals surface area contributed by atoms with Crippen molar-refractivity contribution < 1.29 is 27.9 Å². The molecular weight excluding hydrogens is 517 g/mol. The number of nitrogens with zero attached hydrogens (tertiary/aromatic N) is 1. The van der Waals surface area contributed by atoms with Crippen LogP contribution in [0.15, 0.2) is 11.6 Å². The van der Waals surface area contributed by atoms with Gasteiger partial charge in [0.2, 0.25) is 0 Å². The smallest absolute Gasteiger partial charge is 0.387 e. The maximum absolute atomic E-state index is 14.4. The quantitative estimate of drug-likeness (QED) is 0.381. The lowest BCUT2D eigenvalue weighted by atomic mass is 9.32. The van der Waals surface area contributed by atoms with E-state index in [9.17, 15) is 33.1 Å². The maximum Gasteiger partial charge on any atom is 0.471 e. The first-order valence-electron chi connectivity index (χ1n) is 14.9. The minimum absolute atomic E-state index is 0.0588. The van der Waals surface area contributed by atoms with Crippen molar-refractivity contribution in [3.05, 3.63) is 11.6 Å². The molecule has 0 saturated heterocycles. The second-order valence-electron chi connectivity index (χ2n) is 16.0. The molecule has 0 radical (unpaired) electrons. The largest absolute Gasteiger partial charge is 0.471 e. The summed E-state index contributed by atoms with van der Waals surface area (Å²) in [5.74, 6) is -2.62. The topological polar surface area (TPSA) is 90.2 Å². The molecule has 0 aliphatic heterocycles. The third-order valence-corrected chi connectivity index (χ3v) is 13.3. The first-order chi connectivity index (χ1) is 18.2. The number of aliphatic hydroxyl groups excluding tert-OH is 1. The van der Waals surface area contributed by atoms with Crippen LogP contribution in [0.5, 0.6) is 0 Å². The van der Waals surface area contributed by atoms with Gasteiger partial charge in [-0.25, -0.2) is 0 Å². The number of Topliss-reactive ketones (excluding diaryl/α,β-unsaturated/α-hetero) is 1. The zero-order chi connectivity index (χ0) is 29.9. The van der Waals surface area contributed by atoms with Crippen molar-refractivity contribution in [1.29, 1.82) is 5.26 Å². The van der Waals surface area contributed by atoms with Crippen molar-refractivity contribution in [3.63, 3.8) is 0 Å². The number of amides is 1. The zero-order valence-electron chi connectivity index (χ0n) is 25.0. The van der Waals surface area contributed by atoms with Crippen molar-refractivity contribution in [1.82, 2.24) is 5.32 Å². The third-order valence-electron chi connectivity index (χ3n) is 13.3. The molecule has 2 N–H and O–H groups in total. The predicted molar refractivity (Wildman–Crippen MR) is 144 cm³/mol. The molecule has 0 aromatic carbocycles. The molecule has 5 aliphatic carbocycles. The maximum atomic E-state index is 14.4. The Morgan fingerprint density at radius 1 is 1.00 bits per heavy atom. The number of fused-ring (bicyclic) bond motifs is 7. The molecule has 0 aromatic rings. The lowest BCUT2D eigenvalue weighted by molar-refractivity contribution is -0.222. The molecule has 5 aliphatic rings. The molecule has 8 heteroatoms. The Labute approximate surface area is 236 Å². The number of rotatable bonds is 1. The highest BCUT2D eigenvalue weighted by atomic mass is 19.4. The van der Waals surface area contributed by atoms with Crippen molar-refractivity contribution in [2.75, 3.05) is 0 Å². The number of nitrogens with one attached hydrogen (secondary N) is 1. The highest BCUT2D eigenvalue weighted by molar-refractivity contribution is 5.86. The fourth-order valence-corrected chi connectivity index (χ4v) is 11.0. The van der Waals surface area contributed by atoms with E-state index in [2.05, 4.69) is 46.0 Å². The number of hydrogen-bond acceptors (Lipinski definition) is 4. The van der Waals surface area contributed by atoms with E-state index in [1.165, 1.54) is 0 Å². The van der Waals surface area contributed by atoms with E-state index >= 15 is 0 Å². The van der Waals surface area contributed by atoms with Gasteiger partial charge in [0.05, 0.1) is 17.7 Å². The molecule has 0 heterocycles. The summed E-state index contributed by atoms with van der Waals surface area (Å²) >= 11 is 0. The van der Waals surface area contributed by atoms with E-state index in [4.69, 9.17) is 0 Å². The molecule has 40 heavy (non-hydrogen) atoms. The van der Waals surface area contributed by atoms with Gasteiger partial charge in [-0.2, -0.15) is 18.4 Å². The van der Waals surface area contributed by atoms with Gasteiger partial charge in [-0.3, -0.25) is 9.59 Å². The second-order valence-corrected chi connectivity index (χ2v) is 16.0. The minimum Gasteiger partial charge on any atom is -0.387 e. The zero-order valence-corrected chi connectivity index (χ0v) is 25.0. The third kappa shape index (κ3) is 3.81. The number of halogens is 3. The molecule has 1 amide bonds. The van der Waals surface area contributed by atoms with Gasteiger partial charge in [0, 0.05) is 17.9 Å². The molecule has 5 rings (SSSR count). The molecule has 3 unspecified atom stereocenters. The van der Waals surface area contributed by atoms with Crippen LogP contribution < -0.4 is 5.32 Å². The number of alkyl halides is 3.